The lowest BCUT2D eigenvalue weighted by molar-refractivity contribution is -0.133. The molecule has 2 aromatic carbocycles. The van der Waals surface area contributed by atoms with Gasteiger partial charge in [0, 0.05) is 26.1 Å². The van der Waals surface area contributed by atoms with Crippen LogP contribution in [0.4, 0.5) is 0 Å². The summed E-state index contributed by atoms with van der Waals surface area (Å²) in [5, 5.41) is 6.22. The third-order valence-electron chi connectivity index (χ3n) is 6.21. The summed E-state index contributed by atoms with van der Waals surface area (Å²) < 4.78 is 0. The van der Waals surface area contributed by atoms with Crippen molar-refractivity contribution < 1.29 is 14.4 Å². The first kappa shape index (κ1) is 25.8. The molecule has 3 rings (SSSR count). The molecule has 0 radical (unpaired) electrons. The molecule has 0 aliphatic carbocycles. The minimum absolute atomic E-state index is 0.0585. The van der Waals surface area contributed by atoms with Crippen LogP contribution in [0.25, 0.3) is 0 Å². The second-order valence-corrected chi connectivity index (χ2v) is 9.68. The van der Waals surface area contributed by atoms with Crippen molar-refractivity contribution in [3.05, 3.63) is 70.7 Å². The fraction of sp³-hybridized carbons (Fsp3) is 0.444. The zero-order valence-electron chi connectivity index (χ0n) is 19.9. The zero-order chi connectivity index (χ0) is 24.5. The number of carbonyl (C=O) groups excluding carboxylic acids is 3. The van der Waals surface area contributed by atoms with Crippen LogP contribution in [0.2, 0.25) is 5.02 Å². The number of nitrogens with one attached hydrogen (secondary N) is 2. The molecule has 2 N–H and O–H groups in total. The van der Waals surface area contributed by atoms with Crippen LogP contribution in [0.5, 0.6) is 0 Å². The maximum absolute atomic E-state index is 13.0. The van der Waals surface area contributed by atoms with Crippen molar-refractivity contribution >= 4 is 29.3 Å². The number of carbonyl (C=O) groups is 3. The SMILES string of the molecule is CC(C)CNC(=O)C(NC(=O)c1ccccc1Cl)C1CCN(C(=O)CCc2ccccc2)CC1. The molecule has 0 bridgehead atoms. The Morgan fingerprint density at radius 3 is 2.29 bits per heavy atom. The maximum Gasteiger partial charge on any atom is 0.253 e. The van der Waals surface area contributed by atoms with Gasteiger partial charge in [0.2, 0.25) is 11.8 Å². The summed E-state index contributed by atoms with van der Waals surface area (Å²) in [7, 11) is 0. The van der Waals surface area contributed by atoms with Gasteiger partial charge in [0.25, 0.3) is 5.91 Å². The monoisotopic (exact) mass is 483 g/mol. The van der Waals surface area contributed by atoms with Crippen molar-refractivity contribution in [2.24, 2.45) is 11.8 Å². The van der Waals surface area contributed by atoms with Gasteiger partial charge in [-0.15, -0.1) is 0 Å². The number of amides is 3. The Morgan fingerprint density at radius 2 is 1.65 bits per heavy atom. The van der Waals surface area contributed by atoms with E-state index in [-0.39, 0.29) is 23.6 Å². The third kappa shape index (κ3) is 7.32. The number of hydrogen-bond donors (Lipinski definition) is 2. The largest absolute Gasteiger partial charge is 0.354 e. The van der Waals surface area contributed by atoms with Gasteiger partial charge in [-0.1, -0.05) is 67.9 Å². The minimum Gasteiger partial charge on any atom is -0.354 e. The Morgan fingerprint density at radius 1 is 1.00 bits per heavy atom. The van der Waals surface area contributed by atoms with Crippen LogP contribution in [0.3, 0.4) is 0 Å². The van der Waals surface area contributed by atoms with E-state index in [0.717, 1.165) is 5.56 Å². The second-order valence-electron chi connectivity index (χ2n) is 9.27. The number of piperidine rings is 1. The Balaban J connectivity index is 1.61. The van der Waals surface area contributed by atoms with Crippen molar-refractivity contribution in [3.8, 4) is 0 Å². The standard InChI is InChI=1S/C27H34ClN3O3/c1-19(2)18-29-27(34)25(30-26(33)22-10-6-7-11-23(22)28)21-14-16-31(17-15-21)24(32)13-12-20-8-4-3-5-9-20/h3-11,19,21,25H,12-18H2,1-2H3,(H,29,34)(H,30,33). The molecule has 1 heterocycles. The molecule has 7 heteroatoms. The first-order chi connectivity index (χ1) is 16.3. The van der Waals surface area contributed by atoms with E-state index in [4.69, 9.17) is 11.6 Å². The average Bonchev–Trinajstić information content (AvgIpc) is 2.85. The number of rotatable bonds is 9. The third-order valence-corrected chi connectivity index (χ3v) is 6.54. The molecule has 1 unspecified atom stereocenters. The van der Waals surface area contributed by atoms with Crippen molar-refractivity contribution in [2.75, 3.05) is 19.6 Å². The maximum atomic E-state index is 13.0. The van der Waals surface area contributed by atoms with Gasteiger partial charge >= 0.3 is 0 Å². The molecule has 1 saturated heterocycles. The van der Waals surface area contributed by atoms with Gasteiger partial charge in [-0.25, -0.2) is 0 Å². The van der Waals surface area contributed by atoms with Crippen molar-refractivity contribution in [1.82, 2.24) is 15.5 Å². The van der Waals surface area contributed by atoms with Gasteiger partial charge in [0.05, 0.1) is 10.6 Å². The van der Waals surface area contributed by atoms with Gasteiger partial charge < -0.3 is 15.5 Å². The highest BCUT2D eigenvalue weighted by Gasteiger charge is 2.34. The number of benzene rings is 2. The second kappa shape index (κ2) is 12.6. The normalized spacial score (nSPS) is 15.1. The van der Waals surface area contributed by atoms with E-state index in [1.54, 1.807) is 24.3 Å². The summed E-state index contributed by atoms with van der Waals surface area (Å²) in [5.74, 6) is -0.187. The van der Waals surface area contributed by atoms with Gasteiger partial charge in [-0.05, 0) is 48.8 Å². The van der Waals surface area contributed by atoms with E-state index < -0.39 is 6.04 Å². The summed E-state index contributed by atoms with van der Waals surface area (Å²) in [6, 6.07) is 16.1. The fourth-order valence-electron chi connectivity index (χ4n) is 4.21. The van der Waals surface area contributed by atoms with Gasteiger partial charge in [0.15, 0.2) is 0 Å². The number of nitrogens with zero attached hydrogens (tertiary/aromatic N) is 1. The Bertz CT molecular complexity index is 972. The lowest BCUT2D eigenvalue weighted by atomic mass is 9.88. The first-order valence-corrected chi connectivity index (χ1v) is 12.4. The van der Waals surface area contributed by atoms with E-state index >= 15 is 0 Å². The molecule has 1 aliphatic rings. The van der Waals surface area contributed by atoms with Gasteiger partial charge in [-0.3, -0.25) is 14.4 Å². The molecule has 1 atom stereocenters. The molecule has 1 fully saturated rings. The predicted octanol–water partition coefficient (Wildman–Crippen LogP) is 4.08. The van der Waals surface area contributed by atoms with Crippen molar-refractivity contribution in [2.45, 2.75) is 45.6 Å². The number of hydrogen-bond acceptors (Lipinski definition) is 3. The molecule has 2 aromatic rings. The van der Waals surface area contributed by atoms with E-state index in [1.165, 1.54) is 0 Å². The molecule has 1 aliphatic heterocycles. The van der Waals surface area contributed by atoms with Crippen LogP contribution in [-0.4, -0.2) is 48.3 Å². The average molecular weight is 484 g/mol. The van der Waals surface area contributed by atoms with E-state index in [1.807, 2.05) is 49.1 Å². The van der Waals surface area contributed by atoms with Gasteiger partial charge in [-0.2, -0.15) is 0 Å². The van der Waals surface area contributed by atoms with E-state index in [0.29, 0.717) is 61.8 Å². The van der Waals surface area contributed by atoms with Gasteiger partial charge in [0.1, 0.15) is 6.04 Å². The lowest BCUT2D eigenvalue weighted by Gasteiger charge is -2.36. The molecule has 182 valence electrons. The summed E-state index contributed by atoms with van der Waals surface area (Å²) in [6.45, 7) is 5.74. The van der Waals surface area contributed by atoms with Crippen LogP contribution in [0.15, 0.2) is 54.6 Å². The minimum atomic E-state index is -0.677. The molecule has 0 aromatic heterocycles. The summed E-state index contributed by atoms with van der Waals surface area (Å²) in [5.41, 5.74) is 1.49. The molecule has 6 nitrogen and oxygen atoms in total. The number of halogens is 1. The molecule has 3 amide bonds. The highest BCUT2D eigenvalue weighted by atomic mass is 35.5. The van der Waals surface area contributed by atoms with Crippen LogP contribution < -0.4 is 10.6 Å². The summed E-state index contributed by atoms with van der Waals surface area (Å²) >= 11 is 6.19. The van der Waals surface area contributed by atoms with Crippen LogP contribution >= 0.6 is 11.6 Å². The Hall–Kier alpha value is -2.86. The Kier molecular flexibility index (Phi) is 9.52. The smallest absolute Gasteiger partial charge is 0.253 e. The summed E-state index contributed by atoms with van der Waals surface area (Å²) in [6.07, 6.45) is 2.49. The highest BCUT2D eigenvalue weighted by molar-refractivity contribution is 6.33. The molecule has 34 heavy (non-hydrogen) atoms. The van der Waals surface area contributed by atoms with Crippen LogP contribution in [0.1, 0.15) is 49.0 Å². The molecular weight excluding hydrogens is 450 g/mol. The van der Waals surface area contributed by atoms with Crippen LogP contribution in [-0.2, 0) is 16.0 Å². The number of aryl methyl sites for hydroxylation is 1. The first-order valence-electron chi connectivity index (χ1n) is 12.0. The van der Waals surface area contributed by atoms with Crippen LogP contribution in [0, 0.1) is 11.8 Å². The molecule has 0 saturated carbocycles. The molecule has 0 spiro atoms. The van der Waals surface area contributed by atoms with E-state index in [2.05, 4.69) is 10.6 Å². The fourth-order valence-corrected chi connectivity index (χ4v) is 4.43. The zero-order valence-corrected chi connectivity index (χ0v) is 20.7. The van der Waals surface area contributed by atoms with Crippen molar-refractivity contribution in [1.29, 1.82) is 0 Å². The quantitative estimate of drug-likeness (QED) is 0.564. The molecular formula is C27H34ClN3O3. The topological polar surface area (TPSA) is 78.5 Å². The lowest BCUT2D eigenvalue weighted by Crippen LogP contribution is -2.54. The highest BCUT2D eigenvalue weighted by Crippen LogP contribution is 2.23. The number of likely N-dealkylation sites (tertiary alicyclic amines) is 1. The predicted molar refractivity (Wildman–Crippen MR) is 135 cm³/mol. The summed E-state index contributed by atoms with van der Waals surface area (Å²) in [4.78, 5) is 40.5. The Labute approximate surface area is 207 Å². The van der Waals surface area contributed by atoms with E-state index in [9.17, 15) is 14.4 Å². The van der Waals surface area contributed by atoms with Crippen molar-refractivity contribution in [3.63, 3.8) is 0 Å².